The average molecular weight is 292 g/mol. The third kappa shape index (κ3) is 2.73. The second-order valence-corrected chi connectivity index (χ2v) is 4.42. The van der Waals surface area contributed by atoms with E-state index in [4.69, 9.17) is 21.6 Å². The van der Waals surface area contributed by atoms with E-state index in [-0.39, 0.29) is 11.6 Å². The van der Waals surface area contributed by atoms with Crippen LogP contribution in [-0.4, -0.2) is 16.7 Å². The molecule has 1 N–H and O–H groups in total. The van der Waals surface area contributed by atoms with Crippen molar-refractivity contribution in [1.82, 2.24) is 9.55 Å². The maximum atomic E-state index is 11.6. The molecule has 0 aliphatic carbocycles. The number of methoxy groups -OCH3 is 1. The van der Waals surface area contributed by atoms with Gasteiger partial charge in [-0.2, -0.15) is 5.26 Å². The molecule has 0 spiro atoms. The summed E-state index contributed by atoms with van der Waals surface area (Å²) in [5, 5.41) is 8.83. The standard InChI is InChI=1S/C13H10ClN3O3/c1-20-11-4-8(2-3-9(11)5-15)6-17-7-10(14)12(18)16-13(17)19/h2-4,7H,6H2,1H3,(H,16,18,19). The van der Waals surface area contributed by atoms with Crippen LogP contribution >= 0.6 is 11.6 Å². The van der Waals surface area contributed by atoms with E-state index in [0.29, 0.717) is 11.3 Å². The van der Waals surface area contributed by atoms with Crippen molar-refractivity contribution < 1.29 is 4.74 Å². The van der Waals surface area contributed by atoms with E-state index in [9.17, 15) is 9.59 Å². The van der Waals surface area contributed by atoms with Gasteiger partial charge in [0.1, 0.15) is 16.8 Å². The van der Waals surface area contributed by atoms with E-state index in [1.807, 2.05) is 6.07 Å². The second-order valence-electron chi connectivity index (χ2n) is 4.01. The van der Waals surface area contributed by atoms with E-state index in [1.165, 1.54) is 17.9 Å². The molecule has 0 bridgehead atoms. The smallest absolute Gasteiger partial charge is 0.328 e. The number of hydrogen-bond acceptors (Lipinski definition) is 4. The van der Waals surface area contributed by atoms with Gasteiger partial charge in [-0.25, -0.2) is 4.79 Å². The Kier molecular flexibility index (Phi) is 3.91. The van der Waals surface area contributed by atoms with Crippen molar-refractivity contribution in [2.24, 2.45) is 0 Å². The summed E-state index contributed by atoms with van der Waals surface area (Å²) in [6.07, 6.45) is 1.27. The molecule has 0 amide bonds. The van der Waals surface area contributed by atoms with E-state index in [0.717, 1.165) is 5.56 Å². The molecule has 0 aliphatic rings. The lowest BCUT2D eigenvalue weighted by atomic mass is 10.1. The number of rotatable bonds is 3. The number of halogens is 1. The monoisotopic (exact) mass is 291 g/mol. The molecule has 0 saturated heterocycles. The van der Waals surface area contributed by atoms with Crippen LogP contribution in [0.15, 0.2) is 34.0 Å². The van der Waals surface area contributed by atoms with Crippen molar-refractivity contribution in [2.75, 3.05) is 7.11 Å². The van der Waals surface area contributed by atoms with Gasteiger partial charge in [-0.3, -0.25) is 14.3 Å². The molecule has 1 heterocycles. The van der Waals surface area contributed by atoms with Crippen molar-refractivity contribution in [3.8, 4) is 11.8 Å². The quantitative estimate of drug-likeness (QED) is 0.918. The summed E-state index contributed by atoms with van der Waals surface area (Å²) < 4.78 is 6.36. The van der Waals surface area contributed by atoms with Crippen LogP contribution in [0.4, 0.5) is 0 Å². The summed E-state index contributed by atoms with van der Waals surface area (Å²) in [5.74, 6) is 0.425. The zero-order valence-electron chi connectivity index (χ0n) is 10.5. The minimum absolute atomic E-state index is 0.0646. The van der Waals surface area contributed by atoms with Crippen LogP contribution in [0, 0.1) is 11.3 Å². The minimum atomic E-state index is -0.620. The summed E-state index contributed by atoms with van der Waals surface area (Å²) in [7, 11) is 1.46. The predicted octanol–water partition coefficient (Wildman–Crippen LogP) is 1.12. The lowest BCUT2D eigenvalue weighted by Crippen LogP contribution is -2.29. The van der Waals surface area contributed by atoms with Crippen LogP contribution in [-0.2, 0) is 6.54 Å². The molecule has 1 aromatic heterocycles. The van der Waals surface area contributed by atoms with Crippen LogP contribution in [0.2, 0.25) is 5.02 Å². The fourth-order valence-electron chi connectivity index (χ4n) is 1.72. The molecule has 0 saturated carbocycles. The summed E-state index contributed by atoms with van der Waals surface area (Å²) in [4.78, 5) is 24.9. The Morgan fingerprint density at radius 1 is 1.45 bits per heavy atom. The molecular weight excluding hydrogens is 282 g/mol. The highest BCUT2D eigenvalue weighted by atomic mass is 35.5. The molecule has 20 heavy (non-hydrogen) atoms. The Morgan fingerprint density at radius 2 is 2.20 bits per heavy atom. The first kappa shape index (κ1) is 13.9. The molecule has 0 fully saturated rings. The lowest BCUT2D eigenvalue weighted by Gasteiger charge is -2.08. The molecule has 2 rings (SSSR count). The Morgan fingerprint density at radius 3 is 2.85 bits per heavy atom. The molecule has 1 aromatic carbocycles. The van der Waals surface area contributed by atoms with E-state index in [2.05, 4.69) is 4.98 Å². The first-order chi connectivity index (χ1) is 9.55. The fraction of sp³-hybridized carbons (Fsp3) is 0.154. The van der Waals surface area contributed by atoms with Gasteiger partial charge in [0.25, 0.3) is 5.56 Å². The average Bonchev–Trinajstić information content (AvgIpc) is 2.44. The van der Waals surface area contributed by atoms with Gasteiger partial charge >= 0.3 is 5.69 Å². The maximum absolute atomic E-state index is 11.6. The van der Waals surface area contributed by atoms with Crippen molar-refractivity contribution in [3.05, 3.63) is 61.4 Å². The molecule has 0 radical (unpaired) electrons. The Labute approximate surface area is 118 Å². The van der Waals surface area contributed by atoms with E-state index in [1.54, 1.807) is 18.2 Å². The van der Waals surface area contributed by atoms with Crippen LogP contribution < -0.4 is 16.0 Å². The van der Waals surface area contributed by atoms with Gasteiger partial charge in [0, 0.05) is 6.20 Å². The number of nitrogens with zero attached hydrogens (tertiary/aromatic N) is 2. The van der Waals surface area contributed by atoms with Gasteiger partial charge in [-0.1, -0.05) is 17.7 Å². The Balaban J connectivity index is 2.41. The number of nitriles is 1. The minimum Gasteiger partial charge on any atom is -0.495 e. The van der Waals surface area contributed by atoms with Crippen molar-refractivity contribution >= 4 is 11.6 Å². The number of aromatic nitrogens is 2. The van der Waals surface area contributed by atoms with Gasteiger partial charge in [-0.05, 0) is 17.7 Å². The SMILES string of the molecule is COc1cc(Cn2cc(Cl)c(=O)[nH]c2=O)ccc1C#N. The fourth-order valence-corrected chi connectivity index (χ4v) is 1.89. The third-order valence-electron chi connectivity index (χ3n) is 2.71. The first-order valence-corrected chi connectivity index (χ1v) is 5.99. The van der Waals surface area contributed by atoms with Crippen LogP contribution in [0.25, 0.3) is 0 Å². The van der Waals surface area contributed by atoms with Gasteiger partial charge in [-0.15, -0.1) is 0 Å². The predicted molar refractivity (Wildman–Crippen MR) is 73.1 cm³/mol. The molecule has 0 aliphatic heterocycles. The summed E-state index contributed by atoms with van der Waals surface area (Å²) in [6.45, 7) is 0.206. The summed E-state index contributed by atoms with van der Waals surface area (Å²) in [6, 6.07) is 6.96. The number of H-pyrrole nitrogens is 1. The van der Waals surface area contributed by atoms with E-state index < -0.39 is 11.2 Å². The van der Waals surface area contributed by atoms with Gasteiger partial charge < -0.3 is 4.74 Å². The molecule has 0 unspecified atom stereocenters. The maximum Gasteiger partial charge on any atom is 0.328 e. The van der Waals surface area contributed by atoms with Crippen LogP contribution in [0.5, 0.6) is 5.75 Å². The van der Waals surface area contributed by atoms with E-state index >= 15 is 0 Å². The van der Waals surface area contributed by atoms with Crippen molar-refractivity contribution in [1.29, 1.82) is 5.26 Å². The largest absolute Gasteiger partial charge is 0.495 e. The summed E-state index contributed by atoms with van der Waals surface area (Å²) >= 11 is 5.69. The normalized spacial score (nSPS) is 10.1. The number of hydrogen-bond donors (Lipinski definition) is 1. The second kappa shape index (κ2) is 5.63. The zero-order chi connectivity index (χ0) is 14.7. The third-order valence-corrected chi connectivity index (χ3v) is 2.98. The van der Waals surface area contributed by atoms with Crippen molar-refractivity contribution in [3.63, 3.8) is 0 Å². The highest BCUT2D eigenvalue weighted by molar-refractivity contribution is 6.30. The number of benzene rings is 1. The number of aromatic amines is 1. The first-order valence-electron chi connectivity index (χ1n) is 5.61. The number of nitrogens with one attached hydrogen (secondary N) is 1. The Bertz CT molecular complexity index is 802. The molecule has 6 nitrogen and oxygen atoms in total. The molecule has 0 atom stereocenters. The highest BCUT2D eigenvalue weighted by Crippen LogP contribution is 2.19. The number of ether oxygens (including phenoxy) is 1. The molecule has 102 valence electrons. The topological polar surface area (TPSA) is 87.9 Å². The molecule has 7 heteroatoms. The van der Waals surface area contributed by atoms with Gasteiger partial charge in [0.2, 0.25) is 0 Å². The van der Waals surface area contributed by atoms with Crippen molar-refractivity contribution in [2.45, 2.75) is 6.54 Å². The zero-order valence-corrected chi connectivity index (χ0v) is 11.3. The van der Waals surface area contributed by atoms with Gasteiger partial charge in [0.05, 0.1) is 19.2 Å². The lowest BCUT2D eigenvalue weighted by molar-refractivity contribution is 0.412. The molecule has 2 aromatic rings. The van der Waals surface area contributed by atoms with Gasteiger partial charge in [0.15, 0.2) is 0 Å². The van der Waals surface area contributed by atoms with Crippen LogP contribution in [0.1, 0.15) is 11.1 Å². The highest BCUT2D eigenvalue weighted by Gasteiger charge is 2.07. The van der Waals surface area contributed by atoms with Crippen LogP contribution in [0.3, 0.4) is 0 Å². The Hall–Kier alpha value is -2.52. The summed E-state index contributed by atoms with van der Waals surface area (Å²) in [5.41, 5.74) is -0.0257. The molecular formula is C13H10ClN3O3.